The number of hydrogen-bond donors (Lipinski definition) is 1. The molecule has 0 aliphatic carbocycles. The average Bonchev–Trinajstić information content (AvgIpc) is 3.37. The van der Waals surface area contributed by atoms with Gasteiger partial charge < -0.3 is 5.73 Å². The number of nitrogens with two attached hydrogens (primary N) is 1. The second-order valence-corrected chi connectivity index (χ2v) is 6.62. The van der Waals surface area contributed by atoms with Gasteiger partial charge in [-0.2, -0.15) is 23.9 Å². The lowest BCUT2D eigenvalue weighted by atomic mass is 10.4. The summed E-state index contributed by atoms with van der Waals surface area (Å²) < 4.78 is 6.99. The molecule has 2 N–H and O–H groups in total. The van der Waals surface area contributed by atoms with Gasteiger partial charge in [-0.3, -0.25) is 0 Å². The Bertz CT molecular complexity index is 1260. The Hall–Kier alpha value is -4.05. The maximum Gasteiger partial charge on any atom is 0.255 e. The van der Waals surface area contributed by atoms with E-state index in [1.807, 2.05) is 0 Å². The molecule has 29 heavy (non-hydrogen) atoms. The van der Waals surface area contributed by atoms with E-state index in [4.69, 9.17) is 12.3 Å². The van der Waals surface area contributed by atoms with Crippen LogP contribution in [0.3, 0.4) is 0 Å². The third-order valence-corrected chi connectivity index (χ3v) is 4.65. The number of azo groups is 1. The normalized spacial score (nSPS) is 11.2. The summed E-state index contributed by atoms with van der Waals surface area (Å²) in [5.74, 6) is 1.41. The van der Waals surface area contributed by atoms with Crippen LogP contribution >= 0.6 is 11.5 Å². The molecule has 0 amide bonds. The van der Waals surface area contributed by atoms with Crippen LogP contribution in [0.4, 0.5) is 23.0 Å². The zero-order valence-corrected chi connectivity index (χ0v) is 16.5. The van der Waals surface area contributed by atoms with E-state index in [0.29, 0.717) is 34.0 Å². The van der Waals surface area contributed by atoms with Crippen molar-refractivity contribution in [1.29, 1.82) is 0 Å². The number of nitrogens with zero attached hydrogens (tertiary/aromatic N) is 11. The van der Waals surface area contributed by atoms with Crippen molar-refractivity contribution in [3.8, 4) is 11.1 Å². The molecule has 0 aliphatic rings. The van der Waals surface area contributed by atoms with Gasteiger partial charge in [-0.05, 0) is 26.8 Å². The number of hydrogen-bond acceptors (Lipinski definition) is 10. The molecule has 0 saturated carbocycles. The Morgan fingerprint density at radius 1 is 1.07 bits per heavy atom. The maximum absolute atomic E-state index is 7.47. The predicted octanol–water partition coefficient (Wildman–Crippen LogP) is 3.17. The van der Waals surface area contributed by atoms with E-state index in [9.17, 15) is 0 Å². The first kappa shape index (κ1) is 18.3. The number of nitrogen functional groups attached to an aromatic ring is 1. The number of aryl methyl sites for hydroxylation is 3. The van der Waals surface area contributed by atoms with Crippen molar-refractivity contribution in [2.45, 2.75) is 20.8 Å². The summed E-state index contributed by atoms with van der Waals surface area (Å²) in [6, 6.07) is 1.70. The van der Waals surface area contributed by atoms with E-state index in [-0.39, 0.29) is 17.3 Å². The van der Waals surface area contributed by atoms with Gasteiger partial charge in [-0.25, -0.2) is 19.8 Å². The molecule has 144 valence electrons. The van der Waals surface area contributed by atoms with Crippen LogP contribution in [0.5, 0.6) is 0 Å². The van der Waals surface area contributed by atoms with E-state index in [0.717, 1.165) is 11.5 Å². The molecule has 0 bridgehead atoms. The van der Waals surface area contributed by atoms with Crippen LogP contribution < -0.4 is 5.73 Å². The molecule has 4 aromatic rings. The highest BCUT2D eigenvalue weighted by molar-refractivity contribution is 7.08. The minimum atomic E-state index is 0.233. The molecule has 0 spiro atoms. The zero-order valence-electron chi connectivity index (χ0n) is 15.6. The van der Waals surface area contributed by atoms with Crippen molar-refractivity contribution in [1.82, 2.24) is 38.9 Å². The van der Waals surface area contributed by atoms with E-state index >= 15 is 0 Å². The lowest BCUT2D eigenvalue weighted by Crippen LogP contribution is -2.05. The van der Waals surface area contributed by atoms with Gasteiger partial charge in [0.15, 0.2) is 17.3 Å². The Labute approximate surface area is 168 Å². The third kappa shape index (κ3) is 3.21. The molecule has 12 nitrogen and oxygen atoms in total. The minimum Gasteiger partial charge on any atom is -0.382 e. The monoisotopic (exact) mass is 406 g/mol. The molecule has 4 heterocycles. The highest BCUT2D eigenvalue weighted by atomic mass is 32.1. The van der Waals surface area contributed by atoms with Gasteiger partial charge in [-0.1, -0.05) is 0 Å². The molecule has 0 radical (unpaired) electrons. The highest BCUT2D eigenvalue weighted by Crippen LogP contribution is 2.37. The fourth-order valence-electron chi connectivity index (χ4n) is 2.54. The largest absolute Gasteiger partial charge is 0.382 e. The molecule has 4 rings (SSSR count). The first-order valence-electron chi connectivity index (χ1n) is 8.31. The summed E-state index contributed by atoms with van der Waals surface area (Å²) in [5, 5.41) is 17.7. The Morgan fingerprint density at radius 3 is 2.45 bits per heavy atom. The smallest absolute Gasteiger partial charge is 0.255 e. The lowest BCUT2D eigenvalue weighted by molar-refractivity contribution is 0.805. The first-order chi connectivity index (χ1) is 14.0. The fourth-order valence-corrected chi connectivity index (χ4v) is 3.18. The summed E-state index contributed by atoms with van der Waals surface area (Å²) in [6.45, 7) is 12.7. The van der Waals surface area contributed by atoms with Crippen molar-refractivity contribution in [3.05, 3.63) is 47.1 Å². The second kappa shape index (κ2) is 7.17. The van der Waals surface area contributed by atoms with Gasteiger partial charge in [0.05, 0.1) is 18.0 Å². The summed E-state index contributed by atoms with van der Waals surface area (Å²) in [7, 11) is 0. The molecule has 4 aromatic heterocycles. The zero-order chi connectivity index (χ0) is 20.5. The summed E-state index contributed by atoms with van der Waals surface area (Å²) in [5.41, 5.74) is 7.87. The quantitative estimate of drug-likeness (QED) is 0.405. The Kier molecular flexibility index (Phi) is 4.53. The van der Waals surface area contributed by atoms with Crippen molar-refractivity contribution in [2.75, 3.05) is 5.73 Å². The lowest BCUT2D eigenvalue weighted by Gasteiger charge is -2.00. The molecule has 0 atom stereocenters. The minimum absolute atomic E-state index is 0.233. The standard InChI is InChI=1S/C16H14N12S/c1-8-11(13(17)27(24-8)15-19-6-5-7-20-15)22-23-14-12(18-4)9(2)25-28(14)16-21-10(3)26-29-16/h5-7H,17H2,1-3H3/b23-22+. The molecule has 13 heteroatoms. The fraction of sp³-hybridized carbons (Fsp3) is 0.188. The van der Waals surface area contributed by atoms with Crippen LogP contribution in [0.1, 0.15) is 17.2 Å². The van der Waals surface area contributed by atoms with Gasteiger partial charge in [0.25, 0.3) is 11.6 Å². The SMILES string of the molecule is [C-]#[N+]c1c(C)nn(-c2nc(C)ns2)c1/N=N/c1c(C)nn(-c2ncccn2)c1N. The number of anilines is 1. The van der Waals surface area contributed by atoms with Crippen molar-refractivity contribution in [2.24, 2.45) is 10.2 Å². The van der Waals surface area contributed by atoms with Crippen LogP contribution in [0.2, 0.25) is 0 Å². The highest BCUT2D eigenvalue weighted by Gasteiger charge is 2.20. The van der Waals surface area contributed by atoms with E-state index in [1.54, 1.807) is 39.2 Å². The average molecular weight is 406 g/mol. The van der Waals surface area contributed by atoms with E-state index in [1.165, 1.54) is 9.36 Å². The Morgan fingerprint density at radius 2 is 1.79 bits per heavy atom. The second-order valence-electron chi connectivity index (χ2n) is 5.89. The first-order valence-corrected chi connectivity index (χ1v) is 9.09. The molecular weight excluding hydrogens is 392 g/mol. The van der Waals surface area contributed by atoms with Gasteiger partial charge >= 0.3 is 0 Å². The van der Waals surface area contributed by atoms with Crippen LogP contribution in [0, 0.1) is 27.3 Å². The van der Waals surface area contributed by atoms with E-state index in [2.05, 4.69) is 44.6 Å². The van der Waals surface area contributed by atoms with Gasteiger partial charge in [0.2, 0.25) is 5.13 Å². The molecule has 0 aliphatic heterocycles. The topological polar surface area (TPSA) is 142 Å². The van der Waals surface area contributed by atoms with Gasteiger partial charge in [0.1, 0.15) is 5.82 Å². The summed E-state index contributed by atoms with van der Waals surface area (Å²) >= 11 is 1.16. The number of rotatable bonds is 4. The van der Waals surface area contributed by atoms with Crippen LogP contribution in [-0.4, -0.2) is 38.9 Å². The van der Waals surface area contributed by atoms with Crippen LogP contribution in [0.15, 0.2) is 28.7 Å². The molecular formula is C16H14N12S. The molecule has 0 unspecified atom stereocenters. The molecule has 0 fully saturated rings. The summed E-state index contributed by atoms with van der Waals surface area (Å²) in [4.78, 5) is 16.1. The molecule has 0 saturated heterocycles. The van der Waals surface area contributed by atoms with E-state index < -0.39 is 0 Å². The third-order valence-electron chi connectivity index (χ3n) is 3.86. The number of aromatic nitrogens is 8. The van der Waals surface area contributed by atoms with Crippen molar-refractivity contribution < 1.29 is 0 Å². The van der Waals surface area contributed by atoms with Crippen molar-refractivity contribution in [3.63, 3.8) is 0 Å². The molecule has 0 aromatic carbocycles. The Balaban J connectivity index is 1.80. The summed E-state index contributed by atoms with van der Waals surface area (Å²) in [6.07, 6.45) is 3.18. The predicted molar refractivity (Wildman–Crippen MR) is 105 cm³/mol. The van der Waals surface area contributed by atoms with Crippen LogP contribution in [-0.2, 0) is 0 Å². The van der Waals surface area contributed by atoms with Gasteiger partial charge in [0, 0.05) is 23.9 Å². The maximum atomic E-state index is 7.47. The van der Waals surface area contributed by atoms with Crippen LogP contribution in [0.25, 0.3) is 15.9 Å². The van der Waals surface area contributed by atoms with Crippen molar-refractivity contribution >= 4 is 34.5 Å². The van der Waals surface area contributed by atoms with Gasteiger partial charge in [-0.15, -0.1) is 10.2 Å².